The number of amides is 3. The fourth-order valence-corrected chi connectivity index (χ4v) is 3.94. The van der Waals surface area contributed by atoms with Gasteiger partial charge in [-0.1, -0.05) is 23.7 Å². The van der Waals surface area contributed by atoms with Gasteiger partial charge in [-0.25, -0.2) is 0 Å². The van der Waals surface area contributed by atoms with E-state index in [0.717, 1.165) is 0 Å². The number of rotatable bonds is 8. The highest BCUT2D eigenvalue weighted by Gasteiger charge is 2.36. The number of halogens is 1. The van der Waals surface area contributed by atoms with Gasteiger partial charge in [0.1, 0.15) is 17.2 Å². The number of esters is 1. The summed E-state index contributed by atoms with van der Waals surface area (Å²) in [7, 11) is 1.58. The van der Waals surface area contributed by atoms with Crippen molar-refractivity contribution in [2.75, 3.05) is 25.2 Å². The van der Waals surface area contributed by atoms with E-state index in [1.54, 1.807) is 67.8 Å². The molecule has 0 spiro atoms. The zero-order valence-electron chi connectivity index (χ0n) is 20.3. The Kier molecular flexibility index (Phi) is 8.44. The number of hydrazine groups is 1. The highest BCUT2D eigenvalue weighted by Crippen LogP contribution is 2.29. The van der Waals surface area contributed by atoms with E-state index in [9.17, 15) is 19.2 Å². The summed E-state index contributed by atoms with van der Waals surface area (Å²) in [5, 5.41) is 0.223. The van der Waals surface area contributed by atoms with E-state index in [2.05, 4.69) is 10.9 Å². The number of methoxy groups -OCH3 is 1. The van der Waals surface area contributed by atoms with E-state index in [1.165, 1.54) is 17.0 Å². The second-order valence-electron chi connectivity index (χ2n) is 8.27. The van der Waals surface area contributed by atoms with Gasteiger partial charge in [0, 0.05) is 18.7 Å². The number of carbonyl (C=O) groups excluding carboxylic acids is 4. The number of carbonyl (C=O) groups is 4. The summed E-state index contributed by atoms with van der Waals surface area (Å²) in [5.74, 6) is -1.10. The first-order valence-corrected chi connectivity index (χ1v) is 11.9. The van der Waals surface area contributed by atoms with Crippen molar-refractivity contribution < 1.29 is 33.4 Å². The summed E-state index contributed by atoms with van der Waals surface area (Å²) in [6, 6.07) is 20.3. The number of hydrogen-bond acceptors (Lipinski definition) is 7. The topological polar surface area (TPSA) is 123 Å². The van der Waals surface area contributed by atoms with Crippen LogP contribution in [-0.4, -0.2) is 44.0 Å². The molecule has 1 atom stereocenters. The molecule has 1 heterocycles. The second-order valence-corrected chi connectivity index (χ2v) is 8.67. The molecule has 3 aromatic carbocycles. The Morgan fingerprint density at radius 2 is 1.55 bits per heavy atom. The first-order valence-electron chi connectivity index (χ1n) is 11.6. The van der Waals surface area contributed by atoms with Crippen LogP contribution in [0.1, 0.15) is 16.8 Å². The monoisotopic (exact) mass is 537 g/mol. The second kappa shape index (κ2) is 12.1. The van der Waals surface area contributed by atoms with Gasteiger partial charge in [-0.15, -0.1) is 0 Å². The highest BCUT2D eigenvalue weighted by atomic mass is 35.5. The van der Waals surface area contributed by atoms with Crippen molar-refractivity contribution in [1.29, 1.82) is 0 Å². The minimum Gasteiger partial charge on any atom is -0.497 e. The van der Waals surface area contributed by atoms with Crippen LogP contribution < -0.4 is 25.2 Å². The zero-order chi connectivity index (χ0) is 27.1. The van der Waals surface area contributed by atoms with Gasteiger partial charge in [0.05, 0.1) is 23.6 Å². The average Bonchev–Trinajstić information content (AvgIpc) is 3.33. The molecule has 1 aliphatic rings. The lowest BCUT2D eigenvalue weighted by Gasteiger charge is -2.17. The van der Waals surface area contributed by atoms with Crippen molar-refractivity contribution in [2.24, 2.45) is 5.92 Å². The lowest BCUT2D eigenvalue weighted by Crippen LogP contribution is -2.44. The van der Waals surface area contributed by atoms with Crippen molar-refractivity contribution in [2.45, 2.75) is 6.42 Å². The molecule has 1 aliphatic heterocycles. The van der Waals surface area contributed by atoms with Crippen LogP contribution in [0.25, 0.3) is 0 Å². The van der Waals surface area contributed by atoms with E-state index in [1.807, 2.05) is 0 Å². The predicted octanol–water partition coefficient (Wildman–Crippen LogP) is 3.50. The largest absolute Gasteiger partial charge is 0.497 e. The summed E-state index contributed by atoms with van der Waals surface area (Å²) in [4.78, 5) is 50.6. The normalized spacial score (nSPS) is 14.5. The molecular formula is C27H24ClN3O7. The first kappa shape index (κ1) is 26.5. The number of nitrogens with one attached hydrogen (secondary N) is 2. The Bertz CT molecular complexity index is 1330. The fraction of sp³-hybridized carbons (Fsp3) is 0.185. The van der Waals surface area contributed by atoms with Gasteiger partial charge in [-0.3, -0.25) is 30.0 Å². The molecule has 2 N–H and O–H groups in total. The maximum atomic E-state index is 12.5. The van der Waals surface area contributed by atoms with Crippen molar-refractivity contribution in [1.82, 2.24) is 10.9 Å². The third-order valence-electron chi connectivity index (χ3n) is 5.68. The highest BCUT2D eigenvalue weighted by molar-refractivity contribution is 6.33. The van der Waals surface area contributed by atoms with E-state index >= 15 is 0 Å². The minimum absolute atomic E-state index is 0.0478. The molecule has 0 bridgehead atoms. The van der Waals surface area contributed by atoms with E-state index in [0.29, 0.717) is 22.9 Å². The first-order chi connectivity index (χ1) is 18.3. The van der Waals surface area contributed by atoms with Crippen LogP contribution in [0.2, 0.25) is 5.02 Å². The van der Waals surface area contributed by atoms with Crippen LogP contribution >= 0.6 is 11.6 Å². The van der Waals surface area contributed by atoms with Gasteiger partial charge >= 0.3 is 5.97 Å². The maximum Gasteiger partial charge on any atom is 0.311 e. The molecule has 1 fully saturated rings. The Labute approximate surface area is 223 Å². The molecule has 0 aliphatic carbocycles. The number of nitrogens with zero attached hydrogens (tertiary/aromatic N) is 1. The molecule has 10 nitrogen and oxygen atoms in total. The fourth-order valence-electron chi connectivity index (χ4n) is 3.72. The quantitative estimate of drug-likeness (QED) is 0.333. The maximum absolute atomic E-state index is 12.5. The molecule has 0 unspecified atom stereocenters. The van der Waals surface area contributed by atoms with Crippen molar-refractivity contribution >= 4 is 41.0 Å². The summed E-state index contributed by atoms with van der Waals surface area (Å²) >= 11 is 5.94. The number of anilines is 1. The van der Waals surface area contributed by atoms with Crippen LogP contribution in [0.3, 0.4) is 0 Å². The summed E-state index contributed by atoms with van der Waals surface area (Å²) in [5.41, 5.74) is 5.14. The van der Waals surface area contributed by atoms with Gasteiger partial charge in [-0.05, 0) is 60.7 Å². The summed E-state index contributed by atoms with van der Waals surface area (Å²) in [6.07, 6.45) is -0.0478. The van der Waals surface area contributed by atoms with Crippen LogP contribution in [0.15, 0.2) is 72.8 Å². The van der Waals surface area contributed by atoms with Crippen LogP contribution in [-0.2, 0) is 19.1 Å². The van der Waals surface area contributed by atoms with E-state index in [4.69, 9.17) is 25.8 Å². The predicted molar refractivity (Wildman–Crippen MR) is 138 cm³/mol. The molecule has 38 heavy (non-hydrogen) atoms. The Hall–Kier alpha value is -4.57. The zero-order valence-corrected chi connectivity index (χ0v) is 21.1. The minimum atomic E-state index is -0.743. The molecule has 196 valence electrons. The summed E-state index contributed by atoms with van der Waals surface area (Å²) in [6.45, 7) is -0.509. The van der Waals surface area contributed by atoms with E-state index < -0.39 is 30.3 Å². The van der Waals surface area contributed by atoms with Gasteiger partial charge in [0.25, 0.3) is 11.8 Å². The van der Waals surface area contributed by atoms with Crippen LogP contribution in [0.5, 0.6) is 17.2 Å². The smallest absolute Gasteiger partial charge is 0.311 e. The van der Waals surface area contributed by atoms with Gasteiger partial charge < -0.3 is 19.1 Å². The Balaban J connectivity index is 1.24. The standard InChI is InChI=1S/C27H24ClN3O7/c1-36-19-10-12-21(13-11-19)38-20-8-6-18(7-9-20)31-15-17(14-25(31)33)27(35)37-16-24(32)29-30-26(34)22-4-2-3-5-23(22)28/h2-13,17H,14-16H2,1H3,(H,29,32)(H,30,34)/t17-/m1/s1. The lowest BCUT2D eigenvalue weighted by atomic mass is 10.1. The molecule has 11 heteroatoms. The molecule has 0 radical (unpaired) electrons. The lowest BCUT2D eigenvalue weighted by molar-refractivity contribution is -0.152. The van der Waals surface area contributed by atoms with E-state index in [-0.39, 0.29) is 29.5 Å². The molecule has 3 aromatic rings. The molecule has 3 amide bonds. The third kappa shape index (κ3) is 6.60. The van der Waals surface area contributed by atoms with Crippen LogP contribution in [0.4, 0.5) is 5.69 Å². The number of ether oxygens (including phenoxy) is 3. The molecule has 0 aromatic heterocycles. The van der Waals surface area contributed by atoms with Gasteiger partial charge in [0.15, 0.2) is 6.61 Å². The molecule has 4 rings (SSSR count). The molecular weight excluding hydrogens is 514 g/mol. The van der Waals surface area contributed by atoms with Crippen molar-refractivity contribution in [3.63, 3.8) is 0 Å². The van der Waals surface area contributed by atoms with Crippen molar-refractivity contribution in [3.8, 4) is 17.2 Å². The number of benzene rings is 3. The third-order valence-corrected chi connectivity index (χ3v) is 6.01. The SMILES string of the molecule is COc1ccc(Oc2ccc(N3C[C@H](C(=O)OCC(=O)NNC(=O)c4ccccc4Cl)CC3=O)cc2)cc1. The van der Waals surface area contributed by atoms with Gasteiger partial charge in [0.2, 0.25) is 5.91 Å². The Morgan fingerprint density at radius 1 is 0.921 bits per heavy atom. The molecule has 1 saturated heterocycles. The number of hydrogen-bond donors (Lipinski definition) is 2. The van der Waals surface area contributed by atoms with Crippen LogP contribution in [0, 0.1) is 5.92 Å². The van der Waals surface area contributed by atoms with Crippen molar-refractivity contribution in [3.05, 3.63) is 83.4 Å². The Morgan fingerprint density at radius 3 is 2.21 bits per heavy atom. The van der Waals surface area contributed by atoms with Gasteiger partial charge in [-0.2, -0.15) is 0 Å². The average molecular weight is 538 g/mol. The molecule has 0 saturated carbocycles. The summed E-state index contributed by atoms with van der Waals surface area (Å²) < 4.78 is 16.0.